The van der Waals surface area contributed by atoms with E-state index in [4.69, 9.17) is 5.73 Å². The van der Waals surface area contributed by atoms with Crippen LogP contribution < -0.4 is 16.9 Å². The molecule has 1 fully saturated rings. The fourth-order valence-electron chi connectivity index (χ4n) is 2.67. The summed E-state index contributed by atoms with van der Waals surface area (Å²) in [4.78, 5) is 37.3. The number of aliphatic carboxylic acids is 1. The molecule has 116 valence electrons. The molecule has 1 aromatic heterocycles. The normalized spacial score (nSPS) is 25.1. The number of H-pyrrole nitrogens is 1. The molecule has 1 aliphatic rings. The third-order valence-electron chi connectivity index (χ3n) is 3.91. The van der Waals surface area contributed by atoms with Crippen LogP contribution in [-0.4, -0.2) is 37.1 Å². The van der Waals surface area contributed by atoms with Crippen LogP contribution in [-0.2, 0) is 11.8 Å². The number of carboxylic acids is 1. The van der Waals surface area contributed by atoms with Gasteiger partial charge in [-0.3, -0.25) is 24.2 Å². The van der Waals surface area contributed by atoms with Gasteiger partial charge in [0.2, 0.25) is 0 Å². The lowest BCUT2D eigenvalue weighted by atomic mass is 9.86. The average Bonchev–Trinajstić information content (AvgIpc) is 2.78. The van der Waals surface area contributed by atoms with Crippen LogP contribution in [0.2, 0.25) is 0 Å². The van der Waals surface area contributed by atoms with Crippen LogP contribution in [0.3, 0.4) is 0 Å². The van der Waals surface area contributed by atoms with Crippen molar-refractivity contribution in [2.24, 2.45) is 18.7 Å². The molecule has 2 rings (SSSR count). The van der Waals surface area contributed by atoms with Crippen molar-refractivity contribution in [3.63, 3.8) is 0 Å². The number of hydrogen-bond acceptors (Lipinski definition) is 6. The maximum atomic E-state index is 11.3. The van der Waals surface area contributed by atoms with Crippen LogP contribution in [0.1, 0.15) is 25.7 Å². The van der Waals surface area contributed by atoms with Crippen molar-refractivity contribution < 1.29 is 9.90 Å². The summed E-state index contributed by atoms with van der Waals surface area (Å²) in [6.07, 6.45) is 2.73. The largest absolute Gasteiger partial charge is 0.480 e. The van der Waals surface area contributed by atoms with E-state index in [2.05, 4.69) is 10.1 Å². The van der Waals surface area contributed by atoms with E-state index in [0.29, 0.717) is 23.8 Å². The van der Waals surface area contributed by atoms with Gasteiger partial charge in [-0.2, -0.15) is 4.98 Å². The first-order valence-electron chi connectivity index (χ1n) is 6.67. The zero-order chi connectivity index (χ0) is 15.6. The minimum atomic E-state index is -1.15. The van der Waals surface area contributed by atoms with Crippen molar-refractivity contribution in [3.8, 4) is 0 Å². The predicted octanol–water partition coefficient (Wildman–Crippen LogP) is -0.467. The van der Waals surface area contributed by atoms with Crippen LogP contribution in [0.25, 0.3) is 0 Å². The summed E-state index contributed by atoms with van der Waals surface area (Å²) in [6, 6.07) is 0. The summed E-state index contributed by atoms with van der Waals surface area (Å²) in [6.45, 7) is 0. The quantitative estimate of drug-likeness (QED) is 0.494. The molecule has 2 unspecified atom stereocenters. The van der Waals surface area contributed by atoms with Gasteiger partial charge < -0.3 is 10.8 Å². The Kier molecular flexibility index (Phi) is 4.52. The van der Waals surface area contributed by atoms with Gasteiger partial charge in [0.25, 0.3) is 0 Å². The number of aromatic nitrogens is 3. The molecule has 0 aliphatic heterocycles. The minimum Gasteiger partial charge on any atom is -0.480 e. The molecule has 0 bridgehead atoms. The van der Waals surface area contributed by atoms with Gasteiger partial charge in [0, 0.05) is 12.8 Å². The highest BCUT2D eigenvalue weighted by Gasteiger charge is 2.45. The van der Waals surface area contributed by atoms with E-state index in [1.807, 2.05) is 0 Å². The Labute approximate surface area is 124 Å². The predicted molar refractivity (Wildman–Crippen MR) is 77.3 cm³/mol. The Morgan fingerprint density at radius 3 is 3.00 bits per heavy atom. The van der Waals surface area contributed by atoms with Crippen molar-refractivity contribution >= 4 is 17.7 Å². The lowest BCUT2D eigenvalue weighted by molar-refractivity contribution is -0.144. The maximum absolute atomic E-state index is 11.3. The molecule has 21 heavy (non-hydrogen) atoms. The first-order chi connectivity index (χ1) is 9.84. The highest BCUT2D eigenvalue weighted by molar-refractivity contribution is 7.99. The fourth-order valence-corrected chi connectivity index (χ4v) is 3.64. The van der Waals surface area contributed by atoms with Crippen molar-refractivity contribution in [1.82, 2.24) is 14.8 Å². The van der Waals surface area contributed by atoms with Gasteiger partial charge in [0.15, 0.2) is 5.16 Å². The second-order valence-electron chi connectivity index (χ2n) is 5.27. The molecule has 1 heterocycles. The number of thioether (sulfide) groups is 1. The molecule has 1 aliphatic carbocycles. The Bertz CT molecular complexity index is 655. The number of carbonyl (C=O) groups is 1. The van der Waals surface area contributed by atoms with E-state index in [9.17, 15) is 19.5 Å². The minimum absolute atomic E-state index is 0.0812. The van der Waals surface area contributed by atoms with E-state index in [1.165, 1.54) is 16.4 Å². The molecule has 1 aromatic rings. The number of carboxylic acid groups (broad SMARTS) is 1. The number of nitrogens with zero attached hydrogens (tertiary/aromatic N) is 2. The summed E-state index contributed by atoms with van der Waals surface area (Å²) in [5.74, 6) is -0.449. The van der Waals surface area contributed by atoms with E-state index in [0.717, 1.165) is 12.8 Å². The average molecular weight is 314 g/mol. The van der Waals surface area contributed by atoms with E-state index >= 15 is 0 Å². The molecule has 0 aromatic carbocycles. The number of nitrogens with one attached hydrogen (secondary N) is 1. The third kappa shape index (κ3) is 3.18. The number of rotatable bonds is 5. The smallest absolute Gasteiger partial charge is 0.339 e. The van der Waals surface area contributed by atoms with Gasteiger partial charge in [-0.1, -0.05) is 18.2 Å². The van der Waals surface area contributed by atoms with Crippen molar-refractivity contribution in [3.05, 3.63) is 20.7 Å². The van der Waals surface area contributed by atoms with Crippen LogP contribution in [0, 0.1) is 5.92 Å². The molecule has 9 heteroatoms. The molecule has 0 radical (unpaired) electrons. The molecular weight excluding hydrogens is 296 g/mol. The lowest BCUT2D eigenvalue weighted by Gasteiger charge is -2.26. The van der Waals surface area contributed by atoms with Crippen LogP contribution in [0.15, 0.2) is 14.7 Å². The monoisotopic (exact) mass is 314 g/mol. The summed E-state index contributed by atoms with van der Waals surface area (Å²) in [7, 11) is 1.59. The summed E-state index contributed by atoms with van der Waals surface area (Å²) >= 11 is 1.30. The van der Waals surface area contributed by atoms with Crippen molar-refractivity contribution in [2.75, 3.05) is 5.75 Å². The zero-order valence-corrected chi connectivity index (χ0v) is 12.5. The summed E-state index contributed by atoms with van der Waals surface area (Å²) in [5.41, 5.74) is 3.24. The zero-order valence-electron chi connectivity index (χ0n) is 11.7. The third-order valence-corrected chi connectivity index (χ3v) is 4.98. The molecule has 1 saturated carbocycles. The van der Waals surface area contributed by atoms with E-state index in [1.54, 1.807) is 7.05 Å². The van der Waals surface area contributed by atoms with Crippen molar-refractivity contribution in [2.45, 2.75) is 36.4 Å². The van der Waals surface area contributed by atoms with Gasteiger partial charge in [-0.25, -0.2) is 0 Å². The van der Waals surface area contributed by atoms with E-state index < -0.39 is 22.6 Å². The highest BCUT2D eigenvalue weighted by atomic mass is 32.2. The molecule has 8 nitrogen and oxygen atoms in total. The molecule has 0 amide bonds. The number of nitrogens with two attached hydrogens (primary N) is 1. The molecular formula is C12H18N4O4S. The second-order valence-corrected chi connectivity index (χ2v) is 6.33. The van der Waals surface area contributed by atoms with Gasteiger partial charge in [0.1, 0.15) is 5.54 Å². The topological polar surface area (TPSA) is 131 Å². The van der Waals surface area contributed by atoms with E-state index in [-0.39, 0.29) is 5.92 Å². The highest BCUT2D eigenvalue weighted by Crippen LogP contribution is 2.37. The second kappa shape index (κ2) is 6.02. The molecule has 0 saturated heterocycles. The number of aryl methyl sites for hydroxylation is 1. The standard InChI is InChI=1S/C12H18N4O4S/c1-16-11(14-8(17)9(18)15-16)21-6-4-7-3-2-5-12(7,13)10(19)20/h7H,2-6,13H2,1H3,(H,15,18)(H,19,20). The number of hydrogen-bond donors (Lipinski definition) is 3. The summed E-state index contributed by atoms with van der Waals surface area (Å²) < 4.78 is 1.38. The Morgan fingerprint density at radius 2 is 2.33 bits per heavy atom. The van der Waals surface area contributed by atoms with Gasteiger partial charge in [0.05, 0.1) is 0 Å². The Hall–Kier alpha value is -1.61. The van der Waals surface area contributed by atoms with Crippen molar-refractivity contribution in [1.29, 1.82) is 0 Å². The van der Waals surface area contributed by atoms with Crippen LogP contribution in [0.5, 0.6) is 0 Å². The van der Waals surface area contributed by atoms with Gasteiger partial charge in [-0.15, -0.1) is 0 Å². The van der Waals surface area contributed by atoms with Crippen LogP contribution in [0.4, 0.5) is 0 Å². The Balaban J connectivity index is 1.99. The molecule has 0 spiro atoms. The first kappa shape index (κ1) is 15.8. The van der Waals surface area contributed by atoms with Crippen LogP contribution >= 0.6 is 11.8 Å². The van der Waals surface area contributed by atoms with Gasteiger partial charge in [-0.05, 0) is 25.2 Å². The maximum Gasteiger partial charge on any atom is 0.339 e. The number of aromatic amines is 1. The van der Waals surface area contributed by atoms with Gasteiger partial charge >= 0.3 is 17.1 Å². The Morgan fingerprint density at radius 1 is 1.62 bits per heavy atom. The summed E-state index contributed by atoms with van der Waals surface area (Å²) in [5, 5.41) is 12.0. The molecule has 2 atom stereocenters. The molecule has 4 N–H and O–H groups in total. The fraction of sp³-hybridized carbons (Fsp3) is 0.667. The SMILES string of the molecule is Cn1[nH]c(=O)c(=O)nc1SCCC1CCCC1(N)C(=O)O. The lowest BCUT2D eigenvalue weighted by Crippen LogP contribution is -2.51. The first-order valence-corrected chi connectivity index (χ1v) is 7.65.